The number of hydrogen-bond acceptors (Lipinski definition) is 2. The van der Waals surface area contributed by atoms with Crippen LogP contribution in [-0.4, -0.2) is 20.3 Å². The highest BCUT2D eigenvalue weighted by atomic mass is 35.5. The minimum Gasteiger partial charge on any atom is -0.388 e. The molecule has 0 radical (unpaired) electrons. The monoisotopic (exact) mass is 312 g/mol. The Balaban J connectivity index is 1.85. The van der Waals surface area contributed by atoms with E-state index in [1.807, 2.05) is 29.8 Å². The van der Waals surface area contributed by atoms with Gasteiger partial charge in [0.2, 0.25) is 0 Å². The zero-order chi connectivity index (χ0) is 14.6. The molecule has 1 aromatic carbocycles. The first-order valence-corrected chi connectivity index (χ1v) is 7.34. The lowest BCUT2D eigenvalue weighted by Crippen LogP contribution is -2.30. The fraction of sp³-hybridized carbons (Fsp3) is 0.400. The van der Waals surface area contributed by atoms with E-state index < -0.39 is 5.60 Å². The van der Waals surface area contributed by atoms with Crippen LogP contribution in [0.3, 0.4) is 0 Å². The molecule has 0 aliphatic heterocycles. The zero-order valence-electron chi connectivity index (χ0n) is 11.4. The SMILES string of the molecule is CC(O)(CCCc1ccc(Cl)cc1Cl)Cn1ccnc1. The van der Waals surface area contributed by atoms with Crippen molar-refractivity contribution in [2.75, 3.05) is 0 Å². The normalized spacial score (nSPS) is 14.2. The number of hydrogen-bond donors (Lipinski definition) is 1. The smallest absolute Gasteiger partial charge is 0.0946 e. The highest BCUT2D eigenvalue weighted by Gasteiger charge is 2.20. The average molecular weight is 313 g/mol. The molecular weight excluding hydrogens is 295 g/mol. The van der Waals surface area contributed by atoms with E-state index in [9.17, 15) is 5.11 Å². The van der Waals surface area contributed by atoms with Crippen LogP contribution in [0.15, 0.2) is 36.9 Å². The van der Waals surface area contributed by atoms with E-state index in [2.05, 4.69) is 4.98 Å². The summed E-state index contributed by atoms with van der Waals surface area (Å²) in [7, 11) is 0. The van der Waals surface area contributed by atoms with Gasteiger partial charge in [0.05, 0.1) is 18.5 Å². The average Bonchev–Trinajstić information content (AvgIpc) is 2.84. The first-order chi connectivity index (χ1) is 9.46. The van der Waals surface area contributed by atoms with E-state index >= 15 is 0 Å². The minimum atomic E-state index is -0.750. The van der Waals surface area contributed by atoms with Gasteiger partial charge in [-0.1, -0.05) is 29.3 Å². The number of rotatable bonds is 6. The Bertz CT molecular complexity index is 553. The third-order valence-corrected chi connectivity index (χ3v) is 3.85. The second kappa shape index (κ2) is 6.61. The van der Waals surface area contributed by atoms with Gasteiger partial charge in [-0.3, -0.25) is 0 Å². The number of aryl methyl sites for hydroxylation is 1. The maximum Gasteiger partial charge on any atom is 0.0946 e. The minimum absolute atomic E-state index is 0.543. The summed E-state index contributed by atoms with van der Waals surface area (Å²) >= 11 is 12.0. The van der Waals surface area contributed by atoms with E-state index in [1.54, 1.807) is 18.6 Å². The molecule has 5 heteroatoms. The molecule has 0 aliphatic carbocycles. The maximum absolute atomic E-state index is 10.4. The predicted octanol–water partition coefficient (Wildman–Crippen LogP) is 3.96. The fourth-order valence-corrected chi connectivity index (χ4v) is 2.74. The van der Waals surface area contributed by atoms with Gasteiger partial charge in [-0.15, -0.1) is 0 Å². The van der Waals surface area contributed by atoms with E-state index in [0.717, 1.165) is 18.4 Å². The molecule has 0 aliphatic rings. The summed E-state index contributed by atoms with van der Waals surface area (Å²) < 4.78 is 1.88. The van der Waals surface area contributed by atoms with Crippen LogP contribution in [0.25, 0.3) is 0 Å². The standard InChI is InChI=1S/C15H18Cl2N2O/c1-15(20,10-19-8-7-18-11-19)6-2-3-12-4-5-13(16)9-14(12)17/h4-5,7-9,11,20H,2-3,6,10H2,1H3. The van der Waals surface area contributed by atoms with Gasteiger partial charge in [0, 0.05) is 22.4 Å². The van der Waals surface area contributed by atoms with Crippen LogP contribution in [0.2, 0.25) is 10.0 Å². The molecule has 0 spiro atoms. The van der Waals surface area contributed by atoms with Gasteiger partial charge >= 0.3 is 0 Å². The Kier molecular flexibility index (Phi) is 5.08. The van der Waals surface area contributed by atoms with Crippen molar-refractivity contribution >= 4 is 23.2 Å². The van der Waals surface area contributed by atoms with Crippen LogP contribution in [0.5, 0.6) is 0 Å². The molecule has 0 saturated heterocycles. The van der Waals surface area contributed by atoms with Gasteiger partial charge in [-0.25, -0.2) is 4.98 Å². The summed E-state index contributed by atoms with van der Waals surface area (Å²) in [6.45, 7) is 2.39. The Labute approximate surface area is 129 Å². The third kappa shape index (κ3) is 4.51. The second-order valence-electron chi connectivity index (χ2n) is 5.32. The van der Waals surface area contributed by atoms with Crippen LogP contribution in [-0.2, 0) is 13.0 Å². The van der Waals surface area contributed by atoms with Gasteiger partial charge in [0.1, 0.15) is 0 Å². The quantitative estimate of drug-likeness (QED) is 0.876. The van der Waals surface area contributed by atoms with Crippen molar-refractivity contribution < 1.29 is 5.11 Å². The Morgan fingerprint density at radius 2 is 2.15 bits per heavy atom. The van der Waals surface area contributed by atoms with Crippen LogP contribution in [0.4, 0.5) is 0 Å². The summed E-state index contributed by atoms with van der Waals surface area (Å²) in [6, 6.07) is 5.53. The first kappa shape index (κ1) is 15.4. The van der Waals surface area contributed by atoms with E-state index in [1.165, 1.54) is 0 Å². The molecule has 1 aromatic heterocycles. The molecule has 20 heavy (non-hydrogen) atoms. The first-order valence-electron chi connectivity index (χ1n) is 6.58. The predicted molar refractivity (Wildman–Crippen MR) is 82.3 cm³/mol. The molecule has 1 unspecified atom stereocenters. The Hall–Kier alpha value is -1.03. The lowest BCUT2D eigenvalue weighted by atomic mass is 9.97. The van der Waals surface area contributed by atoms with E-state index in [0.29, 0.717) is 23.0 Å². The Morgan fingerprint density at radius 1 is 1.35 bits per heavy atom. The van der Waals surface area contributed by atoms with Crippen LogP contribution in [0.1, 0.15) is 25.3 Å². The van der Waals surface area contributed by atoms with Gasteiger partial charge in [-0.05, 0) is 43.9 Å². The molecule has 1 N–H and O–H groups in total. The van der Waals surface area contributed by atoms with Gasteiger partial charge in [0.25, 0.3) is 0 Å². The molecule has 108 valence electrons. The lowest BCUT2D eigenvalue weighted by Gasteiger charge is -2.23. The highest BCUT2D eigenvalue weighted by Crippen LogP contribution is 2.24. The molecule has 0 bridgehead atoms. The van der Waals surface area contributed by atoms with Crippen molar-refractivity contribution in [2.45, 2.75) is 38.3 Å². The van der Waals surface area contributed by atoms with Crippen LogP contribution < -0.4 is 0 Å². The second-order valence-corrected chi connectivity index (χ2v) is 6.16. The Morgan fingerprint density at radius 3 is 2.80 bits per heavy atom. The number of benzene rings is 1. The summed E-state index contributed by atoms with van der Waals surface area (Å²) in [6.07, 6.45) is 7.67. The topological polar surface area (TPSA) is 38.0 Å². The molecular formula is C15H18Cl2N2O. The summed E-state index contributed by atoms with van der Waals surface area (Å²) in [4.78, 5) is 3.98. The largest absolute Gasteiger partial charge is 0.388 e. The number of nitrogens with zero attached hydrogens (tertiary/aromatic N) is 2. The van der Waals surface area contributed by atoms with Gasteiger partial charge < -0.3 is 9.67 Å². The van der Waals surface area contributed by atoms with Gasteiger partial charge in [-0.2, -0.15) is 0 Å². The van der Waals surface area contributed by atoms with Crippen molar-refractivity contribution in [3.63, 3.8) is 0 Å². The zero-order valence-corrected chi connectivity index (χ0v) is 12.9. The summed E-state index contributed by atoms with van der Waals surface area (Å²) in [5, 5.41) is 11.7. The summed E-state index contributed by atoms with van der Waals surface area (Å²) in [5.74, 6) is 0. The molecule has 3 nitrogen and oxygen atoms in total. The number of halogens is 2. The number of aliphatic hydroxyl groups is 1. The van der Waals surface area contributed by atoms with Crippen molar-refractivity contribution in [3.05, 3.63) is 52.5 Å². The third-order valence-electron chi connectivity index (χ3n) is 3.26. The molecule has 0 saturated carbocycles. The fourth-order valence-electron chi connectivity index (χ4n) is 2.24. The van der Waals surface area contributed by atoms with E-state index in [4.69, 9.17) is 23.2 Å². The number of imidazole rings is 1. The van der Waals surface area contributed by atoms with Crippen LogP contribution in [0, 0.1) is 0 Å². The van der Waals surface area contributed by atoms with Gasteiger partial charge in [0.15, 0.2) is 0 Å². The molecule has 0 fully saturated rings. The maximum atomic E-state index is 10.4. The number of aromatic nitrogens is 2. The van der Waals surface area contributed by atoms with Crippen molar-refractivity contribution in [3.8, 4) is 0 Å². The van der Waals surface area contributed by atoms with Crippen molar-refractivity contribution in [1.82, 2.24) is 9.55 Å². The molecule has 2 rings (SSSR count). The molecule has 0 amide bonds. The van der Waals surface area contributed by atoms with Crippen LogP contribution >= 0.6 is 23.2 Å². The van der Waals surface area contributed by atoms with Crippen molar-refractivity contribution in [1.29, 1.82) is 0 Å². The molecule has 2 aromatic rings. The van der Waals surface area contributed by atoms with Crippen molar-refractivity contribution in [2.24, 2.45) is 0 Å². The lowest BCUT2D eigenvalue weighted by molar-refractivity contribution is 0.0312. The van der Waals surface area contributed by atoms with E-state index in [-0.39, 0.29) is 0 Å². The molecule has 1 atom stereocenters. The molecule has 1 heterocycles. The highest BCUT2D eigenvalue weighted by molar-refractivity contribution is 6.35. The summed E-state index contributed by atoms with van der Waals surface area (Å²) in [5.41, 5.74) is 0.314.